The molecule has 0 radical (unpaired) electrons. The number of nitrogens with zero attached hydrogens (tertiary/aromatic N) is 1. The molecule has 2 N–H and O–H groups in total. The second-order valence-corrected chi connectivity index (χ2v) is 5.75. The second kappa shape index (κ2) is 5.85. The molecule has 1 aromatic rings. The fourth-order valence-corrected chi connectivity index (χ4v) is 2.96. The van der Waals surface area contributed by atoms with E-state index in [-0.39, 0.29) is 0 Å². The molecule has 1 fully saturated rings. The first-order chi connectivity index (χ1) is 8.63. The third-order valence-electron chi connectivity index (χ3n) is 4.00. The van der Waals surface area contributed by atoms with Crippen molar-refractivity contribution in [2.75, 3.05) is 13.1 Å². The van der Waals surface area contributed by atoms with Gasteiger partial charge in [0.15, 0.2) is 0 Å². The Bertz CT molecular complexity index is 367. The molecule has 0 saturated carbocycles. The summed E-state index contributed by atoms with van der Waals surface area (Å²) < 4.78 is 0. The first-order valence-electron chi connectivity index (χ1n) is 7.23. The summed E-state index contributed by atoms with van der Waals surface area (Å²) in [7, 11) is 0. The quantitative estimate of drug-likeness (QED) is 0.883. The average molecular weight is 246 g/mol. The lowest BCUT2D eigenvalue weighted by Gasteiger charge is -2.27. The Balaban J connectivity index is 2.18. The van der Waals surface area contributed by atoms with E-state index in [0.717, 1.165) is 19.5 Å². The van der Waals surface area contributed by atoms with E-state index in [1.807, 2.05) is 0 Å². The van der Waals surface area contributed by atoms with E-state index < -0.39 is 0 Å². The Morgan fingerprint density at radius 1 is 1.28 bits per heavy atom. The molecule has 100 valence electrons. The fourth-order valence-electron chi connectivity index (χ4n) is 2.96. The summed E-state index contributed by atoms with van der Waals surface area (Å²) in [4.78, 5) is 2.54. The molecule has 1 aromatic carbocycles. The molecular formula is C16H26N2. The number of hydrogen-bond donors (Lipinski definition) is 1. The second-order valence-electron chi connectivity index (χ2n) is 5.75. The van der Waals surface area contributed by atoms with Crippen molar-refractivity contribution < 1.29 is 0 Å². The number of likely N-dealkylation sites (tertiary alicyclic amines) is 1. The van der Waals surface area contributed by atoms with Crippen LogP contribution >= 0.6 is 0 Å². The zero-order chi connectivity index (χ0) is 13.1. The van der Waals surface area contributed by atoms with Gasteiger partial charge >= 0.3 is 0 Å². The van der Waals surface area contributed by atoms with Crippen LogP contribution < -0.4 is 5.73 Å². The summed E-state index contributed by atoms with van der Waals surface area (Å²) in [6.45, 7) is 9.01. The first kappa shape index (κ1) is 13.6. The van der Waals surface area contributed by atoms with E-state index in [1.165, 1.54) is 17.5 Å². The number of hydrogen-bond acceptors (Lipinski definition) is 2. The Labute approximate surface area is 111 Å². The molecule has 2 atom stereocenters. The van der Waals surface area contributed by atoms with Gasteiger partial charge in [0.2, 0.25) is 0 Å². The SMILES string of the molecule is CCCN1CCC(N)C1c1ccc(C(C)C)cc1. The maximum atomic E-state index is 6.29. The zero-order valence-corrected chi connectivity index (χ0v) is 11.9. The molecule has 0 bridgehead atoms. The standard InChI is InChI=1S/C16H26N2/c1-4-10-18-11-9-15(17)16(18)14-7-5-13(6-8-14)12(2)3/h5-8,12,15-16H,4,9-11,17H2,1-3H3. The lowest BCUT2D eigenvalue weighted by Crippen LogP contribution is -2.32. The van der Waals surface area contributed by atoms with Gasteiger partial charge in [0.05, 0.1) is 0 Å². The molecule has 0 spiro atoms. The van der Waals surface area contributed by atoms with Crippen molar-refractivity contribution in [3.63, 3.8) is 0 Å². The average Bonchev–Trinajstić information content (AvgIpc) is 2.71. The van der Waals surface area contributed by atoms with Gasteiger partial charge in [-0.3, -0.25) is 4.90 Å². The number of benzene rings is 1. The van der Waals surface area contributed by atoms with Crippen molar-refractivity contribution in [2.45, 2.75) is 51.6 Å². The van der Waals surface area contributed by atoms with Crippen LogP contribution in [0.25, 0.3) is 0 Å². The van der Waals surface area contributed by atoms with E-state index in [0.29, 0.717) is 18.0 Å². The molecule has 2 rings (SSSR count). The van der Waals surface area contributed by atoms with Crippen LogP contribution in [0.1, 0.15) is 56.7 Å². The number of nitrogens with two attached hydrogens (primary N) is 1. The molecule has 1 saturated heterocycles. The molecule has 0 aromatic heterocycles. The molecule has 2 nitrogen and oxygen atoms in total. The highest BCUT2D eigenvalue weighted by atomic mass is 15.2. The lowest BCUT2D eigenvalue weighted by atomic mass is 9.96. The van der Waals surface area contributed by atoms with E-state index in [9.17, 15) is 0 Å². The lowest BCUT2D eigenvalue weighted by molar-refractivity contribution is 0.248. The molecule has 2 unspecified atom stereocenters. The van der Waals surface area contributed by atoms with E-state index in [4.69, 9.17) is 5.73 Å². The van der Waals surface area contributed by atoms with Gasteiger partial charge < -0.3 is 5.73 Å². The Morgan fingerprint density at radius 2 is 1.94 bits per heavy atom. The first-order valence-corrected chi connectivity index (χ1v) is 7.23. The van der Waals surface area contributed by atoms with Crippen LogP contribution in [0.4, 0.5) is 0 Å². The van der Waals surface area contributed by atoms with Gasteiger partial charge in [-0.05, 0) is 36.4 Å². The maximum Gasteiger partial charge on any atom is 0.0499 e. The van der Waals surface area contributed by atoms with E-state index in [1.54, 1.807) is 0 Å². The van der Waals surface area contributed by atoms with E-state index >= 15 is 0 Å². The van der Waals surface area contributed by atoms with Gasteiger partial charge in [-0.25, -0.2) is 0 Å². The van der Waals surface area contributed by atoms with Gasteiger partial charge in [0.25, 0.3) is 0 Å². The molecule has 1 heterocycles. The minimum atomic E-state index is 0.293. The van der Waals surface area contributed by atoms with Crippen LogP contribution in [0.5, 0.6) is 0 Å². The smallest absolute Gasteiger partial charge is 0.0499 e. The summed E-state index contributed by atoms with van der Waals surface area (Å²) in [5.41, 5.74) is 9.08. The van der Waals surface area contributed by atoms with Crippen molar-refractivity contribution in [1.82, 2.24) is 4.90 Å². The highest BCUT2D eigenvalue weighted by Gasteiger charge is 2.31. The van der Waals surface area contributed by atoms with Crippen molar-refractivity contribution in [3.8, 4) is 0 Å². The maximum absolute atomic E-state index is 6.29. The molecule has 0 amide bonds. The van der Waals surface area contributed by atoms with Crippen molar-refractivity contribution >= 4 is 0 Å². The molecule has 2 heteroatoms. The molecule has 0 aliphatic carbocycles. The summed E-state index contributed by atoms with van der Waals surface area (Å²) in [5, 5.41) is 0. The van der Waals surface area contributed by atoms with Gasteiger partial charge in [-0.1, -0.05) is 45.0 Å². The third-order valence-corrected chi connectivity index (χ3v) is 4.00. The zero-order valence-electron chi connectivity index (χ0n) is 11.9. The molecule has 18 heavy (non-hydrogen) atoms. The molecule has 1 aliphatic heterocycles. The van der Waals surface area contributed by atoms with Crippen LogP contribution in [0.15, 0.2) is 24.3 Å². The van der Waals surface area contributed by atoms with Crippen LogP contribution in [-0.2, 0) is 0 Å². The van der Waals surface area contributed by atoms with Crippen molar-refractivity contribution in [3.05, 3.63) is 35.4 Å². The predicted octanol–water partition coefficient (Wildman–Crippen LogP) is 3.29. The molecule has 1 aliphatic rings. The summed E-state index contributed by atoms with van der Waals surface area (Å²) in [6, 6.07) is 9.78. The normalized spacial score (nSPS) is 24.9. The van der Waals surface area contributed by atoms with E-state index in [2.05, 4.69) is 49.9 Å². The number of rotatable bonds is 4. The summed E-state index contributed by atoms with van der Waals surface area (Å²) in [6.07, 6.45) is 2.32. The van der Waals surface area contributed by atoms with Crippen molar-refractivity contribution in [1.29, 1.82) is 0 Å². The Kier molecular flexibility index (Phi) is 4.41. The highest BCUT2D eigenvalue weighted by molar-refractivity contribution is 5.28. The van der Waals surface area contributed by atoms with Gasteiger partial charge in [0, 0.05) is 18.6 Å². The Hall–Kier alpha value is -0.860. The largest absolute Gasteiger partial charge is 0.326 e. The fraction of sp³-hybridized carbons (Fsp3) is 0.625. The summed E-state index contributed by atoms with van der Waals surface area (Å²) >= 11 is 0. The van der Waals surface area contributed by atoms with Crippen LogP contribution in [-0.4, -0.2) is 24.0 Å². The van der Waals surface area contributed by atoms with Crippen LogP contribution in [0, 0.1) is 0 Å². The minimum absolute atomic E-state index is 0.293. The molecular weight excluding hydrogens is 220 g/mol. The monoisotopic (exact) mass is 246 g/mol. The van der Waals surface area contributed by atoms with Gasteiger partial charge in [-0.15, -0.1) is 0 Å². The Morgan fingerprint density at radius 3 is 2.50 bits per heavy atom. The van der Waals surface area contributed by atoms with Crippen molar-refractivity contribution in [2.24, 2.45) is 5.73 Å². The summed E-state index contributed by atoms with van der Waals surface area (Å²) in [5.74, 6) is 0.600. The highest BCUT2D eigenvalue weighted by Crippen LogP contribution is 2.31. The van der Waals surface area contributed by atoms with Crippen LogP contribution in [0.3, 0.4) is 0 Å². The topological polar surface area (TPSA) is 29.3 Å². The van der Waals surface area contributed by atoms with Gasteiger partial charge in [-0.2, -0.15) is 0 Å². The third kappa shape index (κ3) is 2.76. The minimum Gasteiger partial charge on any atom is -0.326 e. The van der Waals surface area contributed by atoms with Gasteiger partial charge in [0.1, 0.15) is 0 Å². The predicted molar refractivity (Wildman–Crippen MR) is 77.7 cm³/mol. The van der Waals surface area contributed by atoms with Crippen LogP contribution in [0.2, 0.25) is 0 Å².